The molecule has 1 amide bonds. The maximum atomic E-state index is 11.8. The Morgan fingerprint density at radius 3 is 2.56 bits per heavy atom. The van der Waals surface area contributed by atoms with E-state index in [1.54, 1.807) is 0 Å². The average Bonchev–Trinajstić information content (AvgIpc) is 2.84. The first-order valence-corrected chi connectivity index (χ1v) is 6.11. The minimum Gasteiger partial charge on any atom is -0.351 e. The molecule has 0 aromatic heterocycles. The van der Waals surface area contributed by atoms with Gasteiger partial charge in [-0.3, -0.25) is 4.79 Å². The van der Waals surface area contributed by atoms with Crippen LogP contribution < -0.4 is 11.1 Å². The maximum absolute atomic E-state index is 11.8. The summed E-state index contributed by atoms with van der Waals surface area (Å²) in [5.74, 6) is 0.726. The molecular formula is C12H25ClN2O. The molecule has 0 aliphatic heterocycles. The van der Waals surface area contributed by atoms with Crippen LogP contribution in [0.3, 0.4) is 0 Å². The minimum absolute atomic E-state index is 0. The molecule has 16 heavy (non-hydrogen) atoms. The molecule has 0 aromatic rings. The molecule has 3 N–H and O–H groups in total. The van der Waals surface area contributed by atoms with E-state index < -0.39 is 5.54 Å². The summed E-state index contributed by atoms with van der Waals surface area (Å²) in [6.45, 7) is 6.06. The molecule has 96 valence electrons. The lowest BCUT2D eigenvalue weighted by Crippen LogP contribution is -2.52. The highest BCUT2D eigenvalue weighted by atomic mass is 35.5. The predicted octanol–water partition coefficient (Wildman–Crippen LogP) is 2.23. The first-order chi connectivity index (χ1) is 7.01. The quantitative estimate of drug-likeness (QED) is 0.758. The van der Waals surface area contributed by atoms with Crippen LogP contribution in [-0.4, -0.2) is 17.5 Å². The van der Waals surface area contributed by atoms with E-state index in [4.69, 9.17) is 5.73 Å². The summed E-state index contributed by atoms with van der Waals surface area (Å²) in [7, 11) is 0. The summed E-state index contributed by atoms with van der Waals surface area (Å²) < 4.78 is 0. The Morgan fingerprint density at radius 1 is 1.44 bits per heavy atom. The van der Waals surface area contributed by atoms with Crippen LogP contribution in [0.2, 0.25) is 0 Å². The molecule has 0 saturated heterocycles. The Labute approximate surface area is 105 Å². The van der Waals surface area contributed by atoms with Crippen LogP contribution in [0.4, 0.5) is 0 Å². The molecule has 0 aromatic carbocycles. The fourth-order valence-corrected chi connectivity index (χ4v) is 2.08. The number of rotatable bonds is 6. The molecule has 0 heterocycles. The number of hydrogen-bond acceptors (Lipinski definition) is 2. The summed E-state index contributed by atoms with van der Waals surface area (Å²) in [4.78, 5) is 11.8. The van der Waals surface area contributed by atoms with Crippen molar-refractivity contribution >= 4 is 18.3 Å². The third kappa shape index (κ3) is 4.30. The second kappa shape index (κ2) is 6.45. The molecule has 3 nitrogen and oxygen atoms in total. The molecular weight excluding hydrogens is 224 g/mol. The highest BCUT2D eigenvalue weighted by molar-refractivity contribution is 5.86. The summed E-state index contributed by atoms with van der Waals surface area (Å²) in [5.41, 5.74) is 5.27. The van der Waals surface area contributed by atoms with Crippen LogP contribution in [0.15, 0.2) is 0 Å². The van der Waals surface area contributed by atoms with Crippen LogP contribution in [0, 0.1) is 5.92 Å². The smallest absolute Gasteiger partial charge is 0.240 e. The molecule has 1 aliphatic rings. The first kappa shape index (κ1) is 15.7. The van der Waals surface area contributed by atoms with Gasteiger partial charge >= 0.3 is 0 Å². The monoisotopic (exact) mass is 248 g/mol. The zero-order valence-corrected chi connectivity index (χ0v) is 11.4. The first-order valence-electron chi connectivity index (χ1n) is 6.11. The van der Waals surface area contributed by atoms with Crippen molar-refractivity contribution in [2.24, 2.45) is 11.7 Å². The third-order valence-corrected chi connectivity index (χ3v) is 3.19. The van der Waals surface area contributed by atoms with Gasteiger partial charge in [0.25, 0.3) is 0 Å². The largest absolute Gasteiger partial charge is 0.351 e. The lowest BCUT2D eigenvalue weighted by molar-refractivity contribution is -0.126. The lowest BCUT2D eigenvalue weighted by atomic mass is 9.96. The molecule has 4 heteroatoms. The van der Waals surface area contributed by atoms with Gasteiger partial charge in [0, 0.05) is 6.04 Å². The van der Waals surface area contributed by atoms with E-state index in [1.807, 2.05) is 6.92 Å². The lowest BCUT2D eigenvalue weighted by Gasteiger charge is -2.22. The fourth-order valence-electron chi connectivity index (χ4n) is 2.08. The van der Waals surface area contributed by atoms with E-state index in [1.165, 1.54) is 12.8 Å². The van der Waals surface area contributed by atoms with Gasteiger partial charge in [0.2, 0.25) is 5.91 Å². The highest BCUT2D eigenvalue weighted by Gasteiger charge is 2.40. The number of nitrogens with one attached hydrogen (secondary N) is 1. The van der Waals surface area contributed by atoms with Crippen molar-refractivity contribution in [2.75, 3.05) is 0 Å². The van der Waals surface area contributed by atoms with E-state index in [0.717, 1.165) is 19.3 Å². The van der Waals surface area contributed by atoms with Crippen LogP contribution in [0.25, 0.3) is 0 Å². The Morgan fingerprint density at radius 2 is 2.06 bits per heavy atom. The second-order valence-electron chi connectivity index (χ2n) is 5.03. The van der Waals surface area contributed by atoms with Crippen LogP contribution in [0.1, 0.15) is 52.9 Å². The van der Waals surface area contributed by atoms with Crippen LogP contribution in [0.5, 0.6) is 0 Å². The van der Waals surface area contributed by atoms with Gasteiger partial charge in [0.05, 0.1) is 5.54 Å². The number of hydrogen-bond donors (Lipinski definition) is 2. The molecule has 3 unspecified atom stereocenters. The Hall–Kier alpha value is -0.280. The fraction of sp³-hybridized carbons (Fsp3) is 0.917. The third-order valence-electron chi connectivity index (χ3n) is 3.19. The zero-order valence-electron chi connectivity index (χ0n) is 10.6. The van der Waals surface area contributed by atoms with E-state index in [2.05, 4.69) is 19.2 Å². The summed E-state index contributed by atoms with van der Waals surface area (Å²) in [5, 5.41) is 3.05. The molecule has 1 rings (SSSR count). The Bertz CT molecular complexity index is 231. The van der Waals surface area contributed by atoms with Crippen LogP contribution >= 0.6 is 12.4 Å². The summed E-state index contributed by atoms with van der Waals surface area (Å²) in [6.07, 6.45) is 5.27. The van der Waals surface area contributed by atoms with E-state index in [9.17, 15) is 4.79 Å². The standard InChI is InChI=1S/C12H24N2O.ClH/c1-4-6-9-8-10(9)14-11(15)12(3,13)7-5-2;/h9-10H,4-8,13H2,1-3H3,(H,14,15);1H. The highest BCUT2D eigenvalue weighted by Crippen LogP contribution is 2.34. The van der Waals surface area contributed by atoms with Crippen molar-refractivity contribution in [1.82, 2.24) is 5.32 Å². The molecule has 1 fully saturated rings. The number of halogens is 1. The minimum atomic E-state index is -0.686. The normalized spacial score (nSPS) is 26.5. The number of amides is 1. The van der Waals surface area contributed by atoms with Gasteiger partial charge in [0.1, 0.15) is 0 Å². The average molecular weight is 249 g/mol. The van der Waals surface area contributed by atoms with Crippen molar-refractivity contribution in [3.05, 3.63) is 0 Å². The summed E-state index contributed by atoms with van der Waals surface area (Å²) in [6, 6.07) is 0.400. The molecule has 0 radical (unpaired) electrons. The van der Waals surface area contributed by atoms with Gasteiger partial charge in [-0.2, -0.15) is 0 Å². The number of carbonyl (C=O) groups is 1. The number of carbonyl (C=O) groups excluding carboxylic acids is 1. The van der Waals surface area contributed by atoms with E-state index >= 15 is 0 Å². The van der Waals surface area contributed by atoms with Gasteiger partial charge < -0.3 is 11.1 Å². The second-order valence-corrected chi connectivity index (χ2v) is 5.03. The van der Waals surface area contributed by atoms with Gasteiger partial charge in [-0.25, -0.2) is 0 Å². The van der Waals surface area contributed by atoms with Crippen molar-refractivity contribution < 1.29 is 4.79 Å². The van der Waals surface area contributed by atoms with Crippen molar-refractivity contribution in [2.45, 2.75) is 64.5 Å². The number of nitrogens with two attached hydrogens (primary N) is 1. The van der Waals surface area contributed by atoms with Gasteiger partial charge in [-0.1, -0.05) is 26.7 Å². The van der Waals surface area contributed by atoms with Gasteiger partial charge in [-0.05, 0) is 32.1 Å². The van der Waals surface area contributed by atoms with Crippen molar-refractivity contribution in [3.63, 3.8) is 0 Å². The SMILES string of the molecule is CCCC1CC1NC(=O)C(C)(N)CCC.Cl. The topological polar surface area (TPSA) is 55.1 Å². The molecule has 0 spiro atoms. The van der Waals surface area contributed by atoms with Crippen molar-refractivity contribution in [1.29, 1.82) is 0 Å². The van der Waals surface area contributed by atoms with Crippen LogP contribution in [-0.2, 0) is 4.79 Å². The molecule has 0 bridgehead atoms. The molecule has 3 atom stereocenters. The zero-order chi connectivity index (χ0) is 11.5. The Kier molecular flexibility index (Phi) is 6.34. The predicted molar refractivity (Wildman–Crippen MR) is 69.7 cm³/mol. The molecule has 1 saturated carbocycles. The van der Waals surface area contributed by atoms with Crippen molar-refractivity contribution in [3.8, 4) is 0 Å². The van der Waals surface area contributed by atoms with E-state index in [-0.39, 0.29) is 18.3 Å². The maximum Gasteiger partial charge on any atom is 0.240 e. The Balaban J connectivity index is 0.00000225. The molecule has 1 aliphatic carbocycles. The van der Waals surface area contributed by atoms with E-state index in [0.29, 0.717) is 12.0 Å². The van der Waals surface area contributed by atoms with Gasteiger partial charge in [0.15, 0.2) is 0 Å². The van der Waals surface area contributed by atoms with Gasteiger partial charge in [-0.15, -0.1) is 12.4 Å². The summed E-state index contributed by atoms with van der Waals surface area (Å²) >= 11 is 0.